The Kier molecular flexibility index (Phi) is 4.73. The Bertz CT molecular complexity index is 428. The molecule has 0 aromatic heterocycles. The van der Waals surface area contributed by atoms with Gasteiger partial charge in [0.25, 0.3) is 0 Å². The Morgan fingerprint density at radius 2 is 2.11 bits per heavy atom. The number of amides is 1. The van der Waals surface area contributed by atoms with E-state index in [1.54, 1.807) is 6.92 Å². The summed E-state index contributed by atoms with van der Waals surface area (Å²) in [7, 11) is 0. The summed E-state index contributed by atoms with van der Waals surface area (Å²) in [6, 6.07) is 5.58. The normalized spacial score (nSPS) is 13.8. The van der Waals surface area contributed by atoms with E-state index in [1.165, 1.54) is 0 Å². The third-order valence-electron chi connectivity index (χ3n) is 3.01. The molecular weight excluding hydrogens is 228 g/mol. The van der Waals surface area contributed by atoms with Gasteiger partial charge in [-0.3, -0.25) is 4.79 Å². The van der Waals surface area contributed by atoms with Crippen molar-refractivity contribution in [3.8, 4) is 5.75 Å². The molecule has 18 heavy (non-hydrogen) atoms. The van der Waals surface area contributed by atoms with Crippen LogP contribution in [0.3, 0.4) is 0 Å². The van der Waals surface area contributed by atoms with Crippen LogP contribution < -0.4 is 15.8 Å². The first kappa shape index (κ1) is 14.5. The van der Waals surface area contributed by atoms with Crippen molar-refractivity contribution in [2.24, 2.45) is 5.73 Å². The maximum absolute atomic E-state index is 12.0. The zero-order chi connectivity index (χ0) is 13.8. The summed E-state index contributed by atoms with van der Waals surface area (Å²) in [5.41, 5.74) is 6.79. The first-order chi connectivity index (χ1) is 8.40. The van der Waals surface area contributed by atoms with Gasteiger partial charge >= 0.3 is 0 Å². The molecule has 1 rings (SSSR count). The van der Waals surface area contributed by atoms with Crippen LogP contribution >= 0.6 is 0 Å². The van der Waals surface area contributed by atoms with Crippen molar-refractivity contribution in [2.45, 2.75) is 39.7 Å². The van der Waals surface area contributed by atoms with Crippen LogP contribution in [0.4, 0.5) is 5.69 Å². The van der Waals surface area contributed by atoms with E-state index < -0.39 is 5.54 Å². The minimum atomic E-state index is -0.842. The van der Waals surface area contributed by atoms with E-state index in [2.05, 4.69) is 5.32 Å². The Morgan fingerprint density at radius 1 is 1.44 bits per heavy atom. The van der Waals surface area contributed by atoms with Gasteiger partial charge in [-0.05, 0) is 51.0 Å². The fourth-order valence-electron chi connectivity index (χ4n) is 1.46. The molecule has 0 radical (unpaired) electrons. The van der Waals surface area contributed by atoms with E-state index in [4.69, 9.17) is 10.5 Å². The van der Waals surface area contributed by atoms with E-state index in [-0.39, 0.29) is 5.91 Å². The number of nitrogens with one attached hydrogen (secondary N) is 1. The molecule has 0 aliphatic carbocycles. The van der Waals surface area contributed by atoms with Crippen molar-refractivity contribution < 1.29 is 9.53 Å². The second kappa shape index (κ2) is 5.87. The number of aryl methyl sites for hydroxylation is 1. The molecular formula is C14H22N2O2. The number of anilines is 1. The van der Waals surface area contributed by atoms with Gasteiger partial charge in [-0.2, -0.15) is 0 Å². The number of nitrogens with two attached hydrogens (primary N) is 1. The molecule has 100 valence electrons. The van der Waals surface area contributed by atoms with Crippen LogP contribution in [0.5, 0.6) is 5.75 Å². The van der Waals surface area contributed by atoms with Crippen LogP contribution in [-0.4, -0.2) is 18.1 Å². The molecule has 0 fully saturated rings. The lowest BCUT2D eigenvalue weighted by Gasteiger charge is -2.22. The minimum absolute atomic E-state index is 0.169. The topological polar surface area (TPSA) is 64.3 Å². The molecule has 0 aliphatic heterocycles. The van der Waals surface area contributed by atoms with Gasteiger partial charge in [0.15, 0.2) is 0 Å². The highest BCUT2D eigenvalue weighted by molar-refractivity contribution is 5.98. The number of rotatable bonds is 5. The van der Waals surface area contributed by atoms with E-state index in [1.807, 2.05) is 39.0 Å². The van der Waals surface area contributed by atoms with Gasteiger partial charge in [-0.25, -0.2) is 0 Å². The lowest BCUT2D eigenvalue weighted by molar-refractivity contribution is -0.120. The summed E-state index contributed by atoms with van der Waals surface area (Å²) in [6.07, 6.45) is 0.592. The Balaban J connectivity index is 2.83. The predicted molar refractivity (Wildman–Crippen MR) is 73.9 cm³/mol. The van der Waals surface area contributed by atoms with Crippen molar-refractivity contribution in [3.63, 3.8) is 0 Å². The zero-order valence-corrected chi connectivity index (χ0v) is 11.5. The summed E-state index contributed by atoms with van der Waals surface area (Å²) in [5, 5.41) is 2.85. The van der Waals surface area contributed by atoms with E-state index in [9.17, 15) is 4.79 Å². The van der Waals surface area contributed by atoms with Crippen molar-refractivity contribution in [2.75, 3.05) is 11.9 Å². The number of benzene rings is 1. The van der Waals surface area contributed by atoms with Crippen LogP contribution in [0.1, 0.15) is 32.8 Å². The van der Waals surface area contributed by atoms with Crippen molar-refractivity contribution in [1.29, 1.82) is 0 Å². The first-order valence-corrected chi connectivity index (χ1v) is 6.24. The molecule has 1 unspecified atom stereocenters. The number of hydrogen-bond acceptors (Lipinski definition) is 3. The zero-order valence-electron chi connectivity index (χ0n) is 11.5. The summed E-state index contributed by atoms with van der Waals surface area (Å²) in [5.74, 6) is 0.635. The van der Waals surface area contributed by atoms with Crippen LogP contribution in [0.15, 0.2) is 18.2 Å². The Morgan fingerprint density at radius 3 is 2.61 bits per heavy atom. The number of carbonyl (C=O) groups excluding carboxylic acids is 1. The average Bonchev–Trinajstić information content (AvgIpc) is 2.32. The fraction of sp³-hybridized carbons (Fsp3) is 0.500. The van der Waals surface area contributed by atoms with Gasteiger partial charge in [0, 0.05) is 5.69 Å². The highest BCUT2D eigenvalue weighted by atomic mass is 16.5. The molecule has 4 nitrogen and oxygen atoms in total. The summed E-state index contributed by atoms with van der Waals surface area (Å²) >= 11 is 0. The molecule has 1 amide bonds. The van der Waals surface area contributed by atoms with Gasteiger partial charge in [-0.1, -0.05) is 6.92 Å². The molecule has 3 N–H and O–H groups in total. The monoisotopic (exact) mass is 250 g/mol. The van der Waals surface area contributed by atoms with Crippen LogP contribution in [0.2, 0.25) is 0 Å². The van der Waals surface area contributed by atoms with Gasteiger partial charge in [0.2, 0.25) is 5.91 Å². The largest absolute Gasteiger partial charge is 0.494 e. The maximum Gasteiger partial charge on any atom is 0.244 e. The number of carbonyl (C=O) groups is 1. The molecule has 0 saturated heterocycles. The summed E-state index contributed by atoms with van der Waals surface area (Å²) in [6.45, 7) is 8.11. The lowest BCUT2D eigenvalue weighted by atomic mass is 9.99. The van der Waals surface area contributed by atoms with Gasteiger partial charge in [0.05, 0.1) is 12.1 Å². The quantitative estimate of drug-likeness (QED) is 0.843. The molecule has 4 heteroatoms. The molecule has 0 aliphatic rings. The number of hydrogen-bond donors (Lipinski definition) is 2. The van der Waals surface area contributed by atoms with Gasteiger partial charge in [-0.15, -0.1) is 0 Å². The maximum atomic E-state index is 12.0. The Labute approximate surface area is 109 Å². The first-order valence-electron chi connectivity index (χ1n) is 6.24. The van der Waals surface area contributed by atoms with Gasteiger partial charge in [0.1, 0.15) is 5.75 Å². The smallest absolute Gasteiger partial charge is 0.244 e. The molecule has 0 heterocycles. The van der Waals surface area contributed by atoms with Crippen LogP contribution in [0, 0.1) is 6.92 Å². The standard InChI is InChI=1S/C14H22N2O2/c1-5-14(4,15)13(17)16-12-8-7-11(18-6-2)9-10(12)3/h7-9H,5-6,15H2,1-4H3,(H,16,17). The predicted octanol–water partition coefficient (Wildman–Crippen LogP) is 2.46. The highest BCUT2D eigenvalue weighted by Gasteiger charge is 2.26. The van der Waals surface area contributed by atoms with Crippen LogP contribution in [-0.2, 0) is 4.79 Å². The Hall–Kier alpha value is -1.55. The molecule has 1 aromatic carbocycles. The van der Waals surface area contributed by atoms with Crippen LogP contribution in [0.25, 0.3) is 0 Å². The highest BCUT2D eigenvalue weighted by Crippen LogP contribution is 2.22. The lowest BCUT2D eigenvalue weighted by Crippen LogP contribution is -2.47. The van der Waals surface area contributed by atoms with Gasteiger partial charge < -0.3 is 15.8 Å². The third-order valence-corrected chi connectivity index (χ3v) is 3.01. The number of ether oxygens (including phenoxy) is 1. The second-order valence-electron chi connectivity index (χ2n) is 4.63. The fourth-order valence-corrected chi connectivity index (χ4v) is 1.46. The van der Waals surface area contributed by atoms with Crippen molar-refractivity contribution >= 4 is 11.6 Å². The SMILES string of the molecule is CCOc1ccc(NC(=O)C(C)(N)CC)c(C)c1. The van der Waals surface area contributed by atoms with E-state index in [0.717, 1.165) is 17.0 Å². The minimum Gasteiger partial charge on any atom is -0.494 e. The molecule has 0 saturated carbocycles. The molecule has 1 atom stereocenters. The molecule has 1 aromatic rings. The molecule has 0 bridgehead atoms. The second-order valence-corrected chi connectivity index (χ2v) is 4.63. The summed E-state index contributed by atoms with van der Waals surface area (Å²) < 4.78 is 5.40. The summed E-state index contributed by atoms with van der Waals surface area (Å²) in [4.78, 5) is 12.0. The molecule has 0 spiro atoms. The van der Waals surface area contributed by atoms with E-state index >= 15 is 0 Å². The third kappa shape index (κ3) is 3.47. The van der Waals surface area contributed by atoms with E-state index in [0.29, 0.717) is 13.0 Å². The average molecular weight is 250 g/mol. The van der Waals surface area contributed by atoms with Crippen molar-refractivity contribution in [3.05, 3.63) is 23.8 Å². The van der Waals surface area contributed by atoms with Crippen molar-refractivity contribution in [1.82, 2.24) is 0 Å².